The van der Waals surface area contributed by atoms with Gasteiger partial charge in [0.2, 0.25) is 5.95 Å². The lowest BCUT2D eigenvalue weighted by atomic mass is 10.3. The lowest BCUT2D eigenvalue weighted by Gasteiger charge is -2.15. The minimum atomic E-state index is 0.170. The Bertz CT molecular complexity index is 571. The van der Waals surface area contributed by atoms with Crippen molar-refractivity contribution in [2.45, 2.75) is 33.2 Å². The van der Waals surface area contributed by atoms with Crippen molar-refractivity contribution in [1.29, 1.82) is 0 Å². The minimum Gasteiger partial charge on any atom is -0.380 e. The molecule has 20 heavy (non-hydrogen) atoms. The quantitative estimate of drug-likeness (QED) is 0.537. The number of aryl methyl sites for hydroxylation is 1. The van der Waals surface area contributed by atoms with Crippen LogP contribution in [0.15, 0.2) is 6.07 Å². The third-order valence-corrected chi connectivity index (χ3v) is 4.05. The van der Waals surface area contributed by atoms with Crippen molar-refractivity contribution >= 4 is 33.3 Å². The number of rotatable bonds is 7. The number of hydrazine groups is 1. The number of ether oxygens (including phenoxy) is 1. The number of hydrogen-bond acceptors (Lipinski definition) is 7. The van der Waals surface area contributed by atoms with Crippen LogP contribution in [0.25, 0.3) is 10.2 Å². The highest BCUT2D eigenvalue weighted by atomic mass is 32.1. The summed E-state index contributed by atoms with van der Waals surface area (Å²) in [7, 11) is 0. The summed E-state index contributed by atoms with van der Waals surface area (Å²) in [6, 6.07) is 2.30. The van der Waals surface area contributed by atoms with Crippen LogP contribution in [0.5, 0.6) is 0 Å². The number of nitrogens with two attached hydrogens (primary N) is 1. The van der Waals surface area contributed by atoms with Gasteiger partial charge < -0.3 is 10.1 Å². The second kappa shape index (κ2) is 6.83. The number of aromatic nitrogens is 2. The van der Waals surface area contributed by atoms with Crippen molar-refractivity contribution in [3.8, 4) is 0 Å². The molecule has 0 saturated carbocycles. The first-order valence-corrected chi connectivity index (χ1v) is 7.60. The number of hydrogen-bond donors (Lipinski definition) is 3. The summed E-state index contributed by atoms with van der Waals surface area (Å²) in [5.74, 6) is 6.66. The molecule has 2 aromatic rings. The van der Waals surface area contributed by atoms with Gasteiger partial charge in [-0.15, -0.1) is 11.3 Å². The van der Waals surface area contributed by atoms with Crippen LogP contribution in [0, 0.1) is 0 Å². The average Bonchev–Trinajstić information content (AvgIpc) is 2.88. The Morgan fingerprint density at radius 1 is 1.40 bits per heavy atom. The van der Waals surface area contributed by atoms with Gasteiger partial charge in [-0.2, -0.15) is 4.98 Å². The van der Waals surface area contributed by atoms with E-state index in [4.69, 9.17) is 10.6 Å². The van der Waals surface area contributed by atoms with Crippen molar-refractivity contribution in [1.82, 2.24) is 9.97 Å². The second-order valence-electron chi connectivity index (χ2n) is 4.53. The molecule has 0 radical (unpaired) electrons. The van der Waals surface area contributed by atoms with E-state index in [1.165, 1.54) is 4.88 Å². The first kappa shape index (κ1) is 15.0. The van der Waals surface area contributed by atoms with Crippen molar-refractivity contribution in [2.24, 2.45) is 5.84 Å². The number of nitrogen functional groups attached to an aromatic ring is 1. The van der Waals surface area contributed by atoms with E-state index in [1.54, 1.807) is 11.3 Å². The smallest absolute Gasteiger partial charge is 0.240 e. The largest absolute Gasteiger partial charge is 0.380 e. The van der Waals surface area contributed by atoms with Crippen LogP contribution in [0.4, 0.5) is 11.8 Å². The summed E-state index contributed by atoms with van der Waals surface area (Å²) in [6.45, 7) is 7.52. The molecule has 0 aliphatic rings. The molecule has 0 aromatic carbocycles. The third kappa shape index (κ3) is 3.36. The van der Waals surface area contributed by atoms with Crippen LogP contribution in [0.2, 0.25) is 0 Å². The molecule has 0 fully saturated rings. The van der Waals surface area contributed by atoms with Gasteiger partial charge in [0.25, 0.3) is 0 Å². The molecule has 2 heterocycles. The number of nitrogens with one attached hydrogen (secondary N) is 2. The summed E-state index contributed by atoms with van der Waals surface area (Å²) in [6.07, 6.45) is 0.986. The Morgan fingerprint density at radius 2 is 2.20 bits per heavy atom. The van der Waals surface area contributed by atoms with Gasteiger partial charge in [0.05, 0.1) is 12.0 Å². The highest BCUT2D eigenvalue weighted by Gasteiger charge is 2.13. The number of nitrogens with zero attached hydrogens (tertiary/aromatic N) is 2. The van der Waals surface area contributed by atoms with Crippen molar-refractivity contribution < 1.29 is 4.74 Å². The van der Waals surface area contributed by atoms with E-state index < -0.39 is 0 Å². The molecule has 0 spiro atoms. The highest BCUT2D eigenvalue weighted by Crippen LogP contribution is 2.30. The zero-order valence-electron chi connectivity index (χ0n) is 12.1. The van der Waals surface area contributed by atoms with Gasteiger partial charge in [0.1, 0.15) is 10.6 Å². The Balaban J connectivity index is 2.31. The molecule has 0 saturated heterocycles. The molecular weight excluding hydrogens is 274 g/mol. The fourth-order valence-electron chi connectivity index (χ4n) is 1.89. The number of thiophene rings is 1. The summed E-state index contributed by atoms with van der Waals surface area (Å²) in [5, 5.41) is 4.40. The highest BCUT2D eigenvalue weighted by molar-refractivity contribution is 7.18. The van der Waals surface area contributed by atoms with Crippen LogP contribution in [0.1, 0.15) is 25.6 Å². The Labute approximate surface area is 122 Å². The third-order valence-electron chi connectivity index (χ3n) is 2.88. The summed E-state index contributed by atoms with van der Waals surface area (Å²) in [4.78, 5) is 11.0. The maximum Gasteiger partial charge on any atom is 0.240 e. The van der Waals surface area contributed by atoms with Gasteiger partial charge in [-0.05, 0) is 26.3 Å². The Morgan fingerprint density at radius 3 is 2.85 bits per heavy atom. The fourth-order valence-corrected chi connectivity index (χ4v) is 2.86. The minimum absolute atomic E-state index is 0.170. The molecule has 0 aliphatic carbocycles. The SMILES string of the molecule is CCOCC(C)Nc1nc(NN)nc2sc(CC)cc12. The van der Waals surface area contributed by atoms with Gasteiger partial charge in [-0.3, -0.25) is 5.43 Å². The van der Waals surface area contributed by atoms with Crippen LogP contribution in [-0.2, 0) is 11.2 Å². The van der Waals surface area contributed by atoms with Crippen molar-refractivity contribution in [3.05, 3.63) is 10.9 Å². The lowest BCUT2D eigenvalue weighted by Crippen LogP contribution is -2.23. The van der Waals surface area contributed by atoms with Crippen molar-refractivity contribution in [3.63, 3.8) is 0 Å². The van der Waals surface area contributed by atoms with Crippen LogP contribution in [-0.4, -0.2) is 29.2 Å². The first-order chi connectivity index (χ1) is 9.67. The van der Waals surface area contributed by atoms with E-state index in [-0.39, 0.29) is 6.04 Å². The van der Waals surface area contributed by atoms with Crippen LogP contribution >= 0.6 is 11.3 Å². The Hall–Kier alpha value is -1.44. The first-order valence-electron chi connectivity index (χ1n) is 6.79. The van der Waals surface area contributed by atoms with E-state index in [0.717, 1.165) is 22.5 Å². The monoisotopic (exact) mass is 295 g/mol. The molecule has 2 rings (SSSR count). The maximum atomic E-state index is 5.44. The number of fused-ring (bicyclic) bond motifs is 1. The molecule has 110 valence electrons. The molecule has 7 heteroatoms. The zero-order chi connectivity index (χ0) is 14.5. The molecule has 6 nitrogen and oxygen atoms in total. The topological polar surface area (TPSA) is 85.1 Å². The molecule has 1 atom stereocenters. The molecule has 2 aromatic heterocycles. The van der Waals surface area contributed by atoms with E-state index in [1.807, 2.05) is 6.92 Å². The molecule has 4 N–H and O–H groups in total. The predicted molar refractivity (Wildman–Crippen MR) is 84.2 cm³/mol. The normalized spacial score (nSPS) is 12.6. The lowest BCUT2D eigenvalue weighted by molar-refractivity contribution is 0.141. The van der Waals surface area contributed by atoms with Gasteiger partial charge in [-0.25, -0.2) is 10.8 Å². The zero-order valence-corrected chi connectivity index (χ0v) is 12.9. The average molecular weight is 295 g/mol. The van der Waals surface area contributed by atoms with E-state index in [2.05, 4.69) is 40.6 Å². The Kier molecular flexibility index (Phi) is 5.11. The van der Waals surface area contributed by atoms with Gasteiger partial charge in [0, 0.05) is 17.5 Å². The fraction of sp³-hybridized carbons (Fsp3) is 0.538. The van der Waals surface area contributed by atoms with E-state index in [9.17, 15) is 0 Å². The molecular formula is C13H21N5OS. The summed E-state index contributed by atoms with van der Waals surface area (Å²) in [5.41, 5.74) is 2.52. The summed E-state index contributed by atoms with van der Waals surface area (Å²) < 4.78 is 5.42. The van der Waals surface area contributed by atoms with Crippen molar-refractivity contribution in [2.75, 3.05) is 24.0 Å². The number of anilines is 2. The second-order valence-corrected chi connectivity index (χ2v) is 5.65. The molecule has 1 unspecified atom stereocenters. The predicted octanol–water partition coefficient (Wildman–Crippen LogP) is 2.38. The maximum absolute atomic E-state index is 5.44. The molecule has 0 amide bonds. The van der Waals surface area contributed by atoms with Crippen LogP contribution < -0.4 is 16.6 Å². The van der Waals surface area contributed by atoms with Gasteiger partial charge >= 0.3 is 0 Å². The van der Waals surface area contributed by atoms with E-state index in [0.29, 0.717) is 19.2 Å². The standard InChI is InChI=1S/C13H21N5OS/c1-4-9-6-10-11(15-8(3)7-19-5-2)16-13(18-14)17-12(10)20-9/h6,8H,4-5,7,14H2,1-3H3,(H2,15,16,17,18). The van der Waals surface area contributed by atoms with E-state index >= 15 is 0 Å². The summed E-state index contributed by atoms with van der Waals surface area (Å²) >= 11 is 1.67. The molecule has 0 bridgehead atoms. The van der Waals surface area contributed by atoms with Crippen LogP contribution in [0.3, 0.4) is 0 Å². The van der Waals surface area contributed by atoms with Gasteiger partial charge in [-0.1, -0.05) is 6.92 Å². The van der Waals surface area contributed by atoms with Gasteiger partial charge in [0.15, 0.2) is 0 Å². The molecule has 0 aliphatic heterocycles.